The molecule has 4 heteroatoms. The summed E-state index contributed by atoms with van der Waals surface area (Å²) in [6.45, 7) is 4.53. The molecule has 0 amide bonds. The normalized spacial score (nSPS) is 16.2. The highest BCUT2D eigenvalue weighted by molar-refractivity contribution is 5.58. The highest BCUT2D eigenvalue weighted by Crippen LogP contribution is 2.36. The quantitative estimate of drug-likeness (QED) is 0.876. The number of likely N-dealkylation sites (N-methyl/N-ethyl adjacent to an activating group) is 1. The first kappa shape index (κ1) is 12.8. The second-order valence-corrected chi connectivity index (χ2v) is 5.14. The number of anilines is 1. The van der Waals surface area contributed by atoms with Gasteiger partial charge in [0.1, 0.15) is 11.9 Å². The number of hydrogen-bond donors (Lipinski definition) is 1. The largest absolute Gasteiger partial charge is 0.354 e. The molecule has 1 aromatic rings. The van der Waals surface area contributed by atoms with Crippen LogP contribution in [0.2, 0.25) is 0 Å². The molecule has 1 aliphatic carbocycles. The first-order valence-electron chi connectivity index (χ1n) is 6.39. The van der Waals surface area contributed by atoms with Crippen molar-refractivity contribution in [1.82, 2.24) is 4.98 Å². The van der Waals surface area contributed by atoms with Gasteiger partial charge in [0.25, 0.3) is 0 Å². The molecule has 0 bridgehead atoms. The van der Waals surface area contributed by atoms with Crippen LogP contribution >= 0.6 is 0 Å². The average molecular weight is 244 g/mol. The molecule has 1 atom stereocenters. The molecule has 0 saturated heterocycles. The Hall–Kier alpha value is -1.60. The van der Waals surface area contributed by atoms with Gasteiger partial charge in [-0.15, -0.1) is 0 Å². The fourth-order valence-electron chi connectivity index (χ4n) is 2.52. The Kier molecular flexibility index (Phi) is 3.53. The lowest BCUT2D eigenvalue weighted by atomic mass is 10.1. The summed E-state index contributed by atoms with van der Waals surface area (Å²) in [5, 5.41) is 9.30. The molecule has 96 valence electrons. The summed E-state index contributed by atoms with van der Waals surface area (Å²) in [7, 11) is 2.00. The summed E-state index contributed by atoms with van der Waals surface area (Å²) < 4.78 is 0. The van der Waals surface area contributed by atoms with Gasteiger partial charge in [-0.1, -0.05) is 0 Å². The van der Waals surface area contributed by atoms with Crippen molar-refractivity contribution in [3.8, 4) is 6.07 Å². The lowest BCUT2D eigenvalue weighted by molar-refractivity contribution is 0.565. The molecule has 18 heavy (non-hydrogen) atoms. The maximum absolute atomic E-state index is 9.30. The number of nitrogens with two attached hydrogens (primary N) is 1. The first-order valence-corrected chi connectivity index (χ1v) is 6.39. The molecular weight excluding hydrogens is 224 g/mol. The van der Waals surface area contributed by atoms with Crippen molar-refractivity contribution in [2.24, 2.45) is 11.7 Å². The average Bonchev–Trinajstić information content (AvgIpc) is 3.13. The molecule has 2 N–H and O–H groups in total. The number of nitriles is 1. The Morgan fingerprint density at radius 2 is 2.22 bits per heavy atom. The van der Waals surface area contributed by atoms with Crippen LogP contribution in [0.1, 0.15) is 29.7 Å². The maximum Gasteiger partial charge on any atom is 0.147 e. The second-order valence-electron chi connectivity index (χ2n) is 5.14. The molecule has 1 fully saturated rings. The van der Waals surface area contributed by atoms with Crippen molar-refractivity contribution in [3.05, 3.63) is 22.9 Å². The van der Waals surface area contributed by atoms with E-state index in [0.717, 1.165) is 17.1 Å². The predicted octanol–water partition coefficient (Wildman–Crippen LogP) is 1.74. The van der Waals surface area contributed by atoms with Crippen LogP contribution in [0.25, 0.3) is 0 Å². The molecule has 0 aromatic carbocycles. The van der Waals surface area contributed by atoms with Crippen LogP contribution in [0.4, 0.5) is 5.82 Å². The molecular formula is C14H20N4. The van der Waals surface area contributed by atoms with Gasteiger partial charge < -0.3 is 10.6 Å². The highest BCUT2D eigenvalue weighted by atomic mass is 15.2. The van der Waals surface area contributed by atoms with E-state index in [1.165, 1.54) is 12.8 Å². The van der Waals surface area contributed by atoms with Crippen molar-refractivity contribution in [1.29, 1.82) is 5.26 Å². The Morgan fingerprint density at radius 3 is 2.72 bits per heavy atom. The topological polar surface area (TPSA) is 65.9 Å². The van der Waals surface area contributed by atoms with E-state index >= 15 is 0 Å². The monoisotopic (exact) mass is 244 g/mol. The van der Waals surface area contributed by atoms with Crippen LogP contribution < -0.4 is 10.6 Å². The minimum Gasteiger partial charge on any atom is -0.354 e. The molecule has 1 heterocycles. The van der Waals surface area contributed by atoms with Crippen LogP contribution in [0.15, 0.2) is 6.07 Å². The number of rotatable bonds is 4. The van der Waals surface area contributed by atoms with E-state index in [0.29, 0.717) is 24.1 Å². The Labute approximate surface area is 108 Å². The first-order chi connectivity index (χ1) is 8.58. The standard InChI is InChI=1S/C14H20N4/c1-9-6-10(2)17-14(12(9)7-15)18(3)13(8-16)11-4-5-11/h6,11,13H,4-5,8,16H2,1-3H3. The minimum absolute atomic E-state index is 0.297. The van der Waals surface area contributed by atoms with Crippen LogP contribution in [0.3, 0.4) is 0 Å². The fraction of sp³-hybridized carbons (Fsp3) is 0.571. The molecule has 1 unspecified atom stereocenters. The van der Waals surface area contributed by atoms with E-state index in [-0.39, 0.29) is 0 Å². The highest BCUT2D eigenvalue weighted by Gasteiger charge is 2.34. The zero-order valence-electron chi connectivity index (χ0n) is 11.3. The molecule has 0 aliphatic heterocycles. The third kappa shape index (κ3) is 2.32. The van der Waals surface area contributed by atoms with E-state index < -0.39 is 0 Å². The van der Waals surface area contributed by atoms with Gasteiger partial charge in [0.2, 0.25) is 0 Å². The zero-order chi connectivity index (χ0) is 13.3. The van der Waals surface area contributed by atoms with Gasteiger partial charge >= 0.3 is 0 Å². The van der Waals surface area contributed by atoms with Gasteiger partial charge in [-0.05, 0) is 44.2 Å². The summed E-state index contributed by atoms with van der Waals surface area (Å²) in [5.74, 6) is 1.44. The van der Waals surface area contributed by atoms with Crippen LogP contribution in [-0.4, -0.2) is 24.6 Å². The third-order valence-corrected chi connectivity index (χ3v) is 3.68. The van der Waals surface area contributed by atoms with Gasteiger partial charge in [0, 0.05) is 25.3 Å². The lowest BCUT2D eigenvalue weighted by Gasteiger charge is -2.29. The van der Waals surface area contributed by atoms with E-state index in [4.69, 9.17) is 5.73 Å². The predicted molar refractivity (Wildman–Crippen MR) is 72.4 cm³/mol. The lowest BCUT2D eigenvalue weighted by Crippen LogP contribution is -2.40. The Balaban J connectivity index is 2.39. The van der Waals surface area contributed by atoms with Gasteiger partial charge in [-0.3, -0.25) is 0 Å². The van der Waals surface area contributed by atoms with E-state index in [2.05, 4.69) is 16.0 Å². The fourth-order valence-corrected chi connectivity index (χ4v) is 2.52. The Morgan fingerprint density at radius 1 is 1.56 bits per heavy atom. The number of pyridine rings is 1. The molecule has 1 aromatic heterocycles. The summed E-state index contributed by atoms with van der Waals surface area (Å²) in [4.78, 5) is 6.63. The van der Waals surface area contributed by atoms with E-state index in [1.54, 1.807) is 0 Å². The van der Waals surface area contributed by atoms with Gasteiger partial charge in [-0.25, -0.2) is 4.98 Å². The molecule has 1 saturated carbocycles. The van der Waals surface area contributed by atoms with Crippen LogP contribution in [0, 0.1) is 31.1 Å². The van der Waals surface area contributed by atoms with Crippen molar-refractivity contribution in [3.63, 3.8) is 0 Å². The molecule has 4 nitrogen and oxygen atoms in total. The van der Waals surface area contributed by atoms with Crippen molar-refractivity contribution in [2.75, 3.05) is 18.5 Å². The SMILES string of the molecule is Cc1cc(C)c(C#N)c(N(C)C(CN)C2CC2)n1. The number of hydrogen-bond acceptors (Lipinski definition) is 4. The molecule has 0 spiro atoms. The van der Waals surface area contributed by atoms with Gasteiger partial charge in [0.05, 0.1) is 5.56 Å². The smallest absolute Gasteiger partial charge is 0.147 e. The number of aryl methyl sites for hydroxylation is 2. The van der Waals surface area contributed by atoms with Gasteiger partial charge in [-0.2, -0.15) is 5.26 Å². The maximum atomic E-state index is 9.30. The van der Waals surface area contributed by atoms with Crippen LogP contribution in [0.5, 0.6) is 0 Å². The van der Waals surface area contributed by atoms with Crippen molar-refractivity contribution < 1.29 is 0 Å². The summed E-state index contributed by atoms with van der Waals surface area (Å²) in [5.41, 5.74) is 8.46. The third-order valence-electron chi connectivity index (χ3n) is 3.68. The Bertz CT molecular complexity index is 485. The summed E-state index contributed by atoms with van der Waals surface area (Å²) in [6, 6.07) is 4.51. The van der Waals surface area contributed by atoms with Crippen molar-refractivity contribution >= 4 is 5.82 Å². The summed E-state index contributed by atoms with van der Waals surface area (Å²) >= 11 is 0. The van der Waals surface area contributed by atoms with Gasteiger partial charge in [0.15, 0.2) is 0 Å². The molecule has 0 radical (unpaired) electrons. The summed E-state index contributed by atoms with van der Waals surface area (Å²) in [6.07, 6.45) is 2.47. The van der Waals surface area contributed by atoms with Crippen LogP contribution in [-0.2, 0) is 0 Å². The number of aromatic nitrogens is 1. The van der Waals surface area contributed by atoms with Crippen molar-refractivity contribution in [2.45, 2.75) is 32.7 Å². The molecule has 2 rings (SSSR count). The minimum atomic E-state index is 0.297. The molecule has 1 aliphatic rings. The number of nitrogens with zero attached hydrogens (tertiary/aromatic N) is 3. The van der Waals surface area contributed by atoms with E-state index in [9.17, 15) is 5.26 Å². The van der Waals surface area contributed by atoms with E-state index in [1.807, 2.05) is 27.0 Å². The second kappa shape index (κ2) is 4.95. The zero-order valence-corrected chi connectivity index (χ0v) is 11.3.